The fourth-order valence-corrected chi connectivity index (χ4v) is 1.35. The van der Waals surface area contributed by atoms with Crippen LogP contribution < -0.4 is 11.5 Å². The van der Waals surface area contributed by atoms with E-state index in [9.17, 15) is 25.0 Å². The van der Waals surface area contributed by atoms with Crippen molar-refractivity contribution in [3.8, 4) is 0 Å². The van der Waals surface area contributed by atoms with E-state index >= 15 is 0 Å². The Balaban J connectivity index is 3.31. The van der Waals surface area contributed by atoms with Gasteiger partial charge in [0.25, 0.3) is 11.4 Å². The Morgan fingerprint density at radius 2 is 1.78 bits per heavy atom. The highest BCUT2D eigenvalue weighted by atomic mass is 16.6. The van der Waals surface area contributed by atoms with Crippen molar-refractivity contribution in [3.63, 3.8) is 0 Å². The molecule has 1 aromatic carbocycles. The molecule has 0 aromatic heterocycles. The van der Waals surface area contributed by atoms with E-state index in [0.717, 1.165) is 18.2 Å². The van der Waals surface area contributed by atoms with E-state index < -0.39 is 33.3 Å². The molecule has 1 radical (unpaired) electrons. The molecule has 0 saturated heterocycles. The minimum absolute atomic E-state index is 0.0542. The van der Waals surface area contributed by atoms with Crippen LogP contribution in [0.3, 0.4) is 0 Å². The van der Waals surface area contributed by atoms with Crippen molar-refractivity contribution in [1.82, 2.24) is 0 Å². The van der Waals surface area contributed by atoms with Gasteiger partial charge in [-0.2, -0.15) is 0 Å². The lowest BCUT2D eigenvalue weighted by atomic mass is 9.99. The van der Waals surface area contributed by atoms with Gasteiger partial charge in [-0.1, -0.05) is 0 Å². The SMILES string of the molecule is NC([C]=O)C(N)c1ccc([N+](=O)[O-])cc1[N+](=O)[O-]. The van der Waals surface area contributed by atoms with Gasteiger partial charge in [0.15, 0.2) is 0 Å². The summed E-state index contributed by atoms with van der Waals surface area (Å²) in [4.78, 5) is 30.1. The lowest BCUT2D eigenvalue weighted by Crippen LogP contribution is -2.35. The van der Waals surface area contributed by atoms with Crippen LogP contribution in [-0.4, -0.2) is 22.2 Å². The summed E-state index contributed by atoms with van der Waals surface area (Å²) in [5, 5.41) is 21.3. The molecule has 2 unspecified atom stereocenters. The second-order valence-electron chi connectivity index (χ2n) is 3.43. The van der Waals surface area contributed by atoms with Crippen LogP contribution in [0.1, 0.15) is 11.6 Å². The summed E-state index contributed by atoms with van der Waals surface area (Å²) in [6.07, 6.45) is 1.41. The maximum atomic E-state index is 10.8. The van der Waals surface area contributed by atoms with Gasteiger partial charge in [0.05, 0.1) is 28.0 Å². The molecule has 2 atom stereocenters. The monoisotopic (exact) mass is 253 g/mol. The smallest absolute Gasteiger partial charge is 0.281 e. The third-order valence-corrected chi connectivity index (χ3v) is 2.30. The number of nitrogens with zero attached hydrogens (tertiary/aromatic N) is 2. The Bertz CT molecular complexity index is 504. The minimum Gasteiger partial charge on any atom is -0.322 e. The Hall–Kier alpha value is -2.39. The number of non-ortho nitro benzene ring substituents is 1. The molecule has 0 spiro atoms. The van der Waals surface area contributed by atoms with Gasteiger partial charge in [-0.15, -0.1) is 0 Å². The van der Waals surface area contributed by atoms with E-state index in [1.165, 1.54) is 6.29 Å². The number of benzene rings is 1. The van der Waals surface area contributed by atoms with E-state index in [1.807, 2.05) is 0 Å². The largest absolute Gasteiger partial charge is 0.322 e. The second kappa shape index (κ2) is 5.29. The molecule has 95 valence electrons. The first-order valence-electron chi connectivity index (χ1n) is 4.70. The molecule has 0 aliphatic carbocycles. The van der Waals surface area contributed by atoms with Crippen LogP contribution in [0.25, 0.3) is 0 Å². The van der Waals surface area contributed by atoms with Gasteiger partial charge in [0.2, 0.25) is 6.29 Å². The van der Waals surface area contributed by atoms with E-state index in [-0.39, 0.29) is 5.56 Å². The molecule has 0 aliphatic rings. The van der Waals surface area contributed by atoms with Crippen molar-refractivity contribution in [1.29, 1.82) is 0 Å². The minimum atomic E-state index is -1.25. The molecular formula is C9H9N4O5. The summed E-state index contributed by atoms with van der Waals surface area (Å²) in [6.45, 7) is 0. The summed E-state index contributed by atoms with van der Waals surface area (Å²) in [7, 11) is 0. The lowest BCUT2D eigenvalue weighted by Gasteiger charge is -2.14. The highest BCUT2D eigenvalue weighted by Gasteiger charge is 2.26. The van der Waals surface area contributed by atoms with Crippen LogP contribution in [-0.2, 0) is 4.79 Å². The molecular weight excluding hydrogens is 244 g/mol. The van der Waals surface area contributed by atoms with Gasteiger partial charge in [0, 0.05) is 11.6 Å². The van der Waals surface area contributed by atoms with Gasteiger partial charge in [-0.3, -0.25) is 25.0 Å². The van der Waals surface area contributed by atoms with Crippen LogP contribution in [0, 0.1) is 20.2 Å². The molecule has 1 rings (SSSR count). The molecule has 0 amide bonds. The van der Waals surface area contributed by atoms with Crippen molar-refractivity contribution >= 4 is 17.7 Å². The first-order chi connectivity index (χ1) is 8.38. The summed E-state index contributed by atoms with van der Waals surface area (Å²) in [5.74, 6) is 0. The van der Waals surface area contributed by atoms with Crippen LogP contribution in [0.5, 0.6) is 0 Å². The summed E-state index contributed by atoms with van der Waals surface area (Å²) in [5.41, 5.74) is 9.81. The summed E-state index contributed by atoms with van der Waals surface area (Å²) < 4.78 is 0. The van der Waals surface area contributed by atoms with Crippen LogP contribution >= 0.6 is 0 Å². The van der Waals surface area contributed by atoms with Crippen LogP contribution in [0.4, 0.5) is 11.4 Å². The zero-order valence-electron chi connectivity index (χ0n) is 8.98. The molecule has 4 N–H and O–H groups in total. The van der Waals surface area contributed by atoms with E-state index in [0.29, 0.717) is 0 Å². The van der Waals surface area contributed by atoms with Crippen molar-refractivity contribution in [2.45, 2.75) is 12.1 Å². The average Bonchev–Trinajstić information content (AvgIpc) is 2.35. The second-order valence-corrected chi connectivity index (χ2v) is 3.43. The van der Waals surface area contributed by atoms with Gasteiger partial charge in [0.1, 0.15) is 0 Å². The molecule has 1 aromatic rings. The first kappa shape index (κ1) is 13.7. The third kappa shape index (κ3) is 2.64. The van der Waals surface area contributed by atoms with E-state index in [4.69, 9.17) is 11.5 Å². The normalized spacial score (nSPS) is 13.7. The molecule has 0 saturated carbocycles. The quantitative estimate of drug-likeness (QED) is 0.549. The standard InChI is InChI=1S/C9H9N4O5/c10-7(4-14)9(11)6-2-1-5(12(15)16)3-8(6)13(17)18/h1-3,7,9H,10-11H2. The molecule has 0 aliphatic heterocycles. The Morgan fingerprint density at radius 1 is 1.17 bits per heavy atom. The van der Waals surface area contributed by atoms with Crippen LogP contribution in [0.2, 0.25) is 0 Å². The molecule has 9 nitrogen and oxygen atoms in total. The van der Waals surface area contributed by atoms with Crippen molar-refractivity contribution in [2.75, 3.05) is 0 Å². The van der Waals surface area contributed by atoms with E-state index in [2.05, 4.69) is 0 Å². The molecule has 0 bridgehead atoms. The number of hydrogen-bond acceptors (Lipinski definition) is 7. The number of nitrogens with two attached hydrogens (primary N) is 2. The number of rotatable bonds is 5. The number of hydrogen-bond donors (Lipinski definition) is 2. The molecule has 18 heavy (non-hydrogen) atoms. The summed E-state index contributed by atoms with van der Waals surface area (Å²) >= 11 is 0. The lowest BCUT2D eigenvalue weighted by molar-refractivity contribution is -0.394. The Morgan fingerprint density at radius 3 is 2.22 bits per heavy atom. The van der Waals surface area contributed by atoms with Gasteiger partial charge < -0.3 is 11.5 Å². The zero-order chi connectivity index (χ0) is 13.9. The fraction of sp³-hybridized carbons (Fsp3) is 0.222. The Labute approximate surface area is 101 Å². The highest BCUT2D eigenvalue weighted by Crippen LogP contribution is 2.29. The fourth-order valence-electron chi connectivity index (χ4n) is 1.35. The van der Waals surface area contributed by atoms with Gasteiger partial charge in [-0.05, 0) is 6.07 Å². The van der Waals surface area contributed by atoms with Crippen molar-refractivity contribution < 1.29 is 14.6 Å². The van der Waals surface area contributed by atoms with Crippen molar-refractivity contribution in [3.05, 3.63) is 44.0 Å². The molecule has 0 fully saturated rings. The predicted molar refractivity (Wildman–Crippen MR) is 60.3 cm³/mol. The molecule has 0 heterocycles. The van der Waals surface area contributed by atoms with E-state index in [1.54, 1.807) is 0 Å². The third-order valence-electron chi connectivity index (χ3n) is 2.30. The van der Waals surface area contributed by atoms with Crippen molar-refractivity contribution in [2.24, 2.45) is 11.5 Å². The maximum Gasteiger partial charge on any atom is 0.281 e. The Kier molecular flexibility index (Phi) is 4.02. The van der Waals surface area contributed by atoms with Gasteiger partial charge >= 0.3 is 0 Å². The zero-order valence-corrected chi connectivity index (χ0v) is 8.98. The maximum absolute atomic E-state index is 10.8. The number of carbonyl (C=O) groups excluding carboxylic acids is 1. The highest BCUT2D eigenvalue weighted by molar-refractivity contribution is 5.62. The summed E-state index contributed by atoms with van der Waals surface area (Å²) in [6, 6.07) is 0.541. The first-order valence-corrected chi connectivity index (χ1v) is 4.70. The van der Waals surface area contributed by atoms with Crippen LogP contribution in [0.15, 0.2) is 18.2 Å². The van der Waals surface area contributed by atoms with Gasteiger partial charge in [-0.25, -0.2) is 0 Å². The molecule has 9 heteroatoms. The predicted octanol–water partition coefficient (Wildman–Crippen LogP) is -0.0602. The topological polar surface area (TPSA) is 155 Å². The average molecular weight is 253 g/mol. The number of nitro groups is 2. The number of nitro benzene ring substituents is 2.